The summed E-state index contributed by atoms with van der Waals surface area (Å²) in [6.45, 7) is 4.05. The van der Waals surface area contributed by atoms with Crippen molar-refractivity contribution in [1.29, 1.82) is 0 Å². The fourth-order valence-electron chi connectivity index (χ4n) is 3.28. The van der Waals surface area contributed by atoms with Gasteiger partial charge >= 0.3 is 0 Å². The molecule has 0 aliphatic heterocycles. The predicted molar refractivity (Wildman–Crippen MR) is 125 cm³/mol. The SMILES string of the molecule is CCNC(=NCc1ccc(OC)c(OC)c1)NCC1(c2cccc(F)c2)CC1.I. The summed E-state index contributed by atoms with van der Waals surface area (Å²) >= 11 is 0. The fraction of sp³-hybridized carbons (Fsp3) is 0.409. The Labute approximate surface area is 189 Å². The zero-order valence-electron chi connectivity index (χ0n) is 17.1. The first kappa shape index (κ1) is 23.3. The quantitative estimate of drug-likeness (QED) is 0.315. The third kappa shape index (κ3) is 5.98. The Morgan fingerprint density at radius 1 is 1.07 bits per heavy atom. The molecule has 0 unspecified atom stereocenters. The van der Waals surface area contributed by atoms with Crippen molar-refractivity contribution in [2.45, 2.75) is 31.7 Å². The van der Waals surface area contributed by atoms with E-state index < -0.39 is 0 Å². The van der Waals surface area contributed by atoms with Gasteiger partial charge < -0.3 is 20.1 Å². The lowest BCUT2D eigenvalue weighted by Gasteiger charge is -2.19. The van der Waals surface area contributed by atoms with Crippen molar-refractivity contribution >= 4 is 29.9 Å². The van der Waals surface area contributed by atoms with Crippen molar-refractivity contribution in [3.63, 3.8) is 0 Å². The van der Waals surface area contributed by atoms with E-state index in [1.807, 2.05) is 31.2 Å². The van der Waals surface area contributed by atoms with Crippen molar-refractivity contribution in [3.05, 3.63) is 59.4 Å². The van der Waals surface area contributed by atoms with Gasteiger partial charge in [-0.2, -0.15) is 0 Å². The highest BCUT2D eigenvalue weighted by molar-refractivity contribution is 14.0. The summed E-state index contributed by atoms with van der Waals surface area (Å²) in [7, 11) is 3.24. The summed E-state index contributed by atoms with van der Waals surface area (Å²) in [6.07, 6.45) is 2.11. The highest BCUT2D eigenvalue weighted by Crippen LogP contribution is 2.47. The molecule has 1 saturated carbocycles. The monoisotopic (exact) mass is 513 g/mol. The summed E-state index contributed by atoms with van der Waals surface area (Å²) in [5.41, 5.74) is 2.08. The van der Waals surface area contributed by atoms with Crippen molar-refractivity contribution in [1.82, 2.24) is 10.6 Å². The Hall–Kier alpha value is -2.03. The molecule has 1 fully saturated rings. The maximum absolute atomic E-state index is 13.6. The van der Waals surface area contributed by atoms with Gasteiger partial charge in [0.25, 0.3) is 0 Å². The summed E-state index contributed by atoms with van der Waals surface area (Å²) in [6, 6.07) is 12.7. The normalized spacial score (nSPS) is 14.6. The summed E-state index contributed by atoms with van der Waals surface area (Å²) in [4.78, 5) is 4.68. The topological polar surface area (TPSA) is 54.9 Å². The Balaban J connectivity index is 0.00000300. The number of benzene rings is 2. The number of guanidine groups is 1. The molecule has 1 aliphatic rings. The average Bonchev–Trinajstić information content (AvgIpc) is 3.51. The first-order chi connectivity index (χ1) is 13.6. The molecule has 0 radical (unpaired) electrons. The Bertz CT molecular complexity index is 841. The highest BCUT2D eigenvalue weighted by atomic mass is 127. The van der Waals surface area contributed by atoms with Crippen LogP contribution in [0.3, 0.4) is 0 Å². The van der Waals surface area contributed by atoms with Gasteiger partial charge in [0.2, 0.25) is 0 Å². The molecule has 2 aromatic rings. The number of ether oxygens (including phenoxy) is 2. The predicted octanol–water partition coefficient (Wildman–Crippen LogP) is 4.25. The molecule has 0 heterocycles. The summed E-state index contributed by atoms with van der Waals surface area (Å²) < 4.78 is 24.2. The van der Waals surface area contributed by atoms with Crippen LogP contribution in [0.15, 0.2) is 47.5 Å². The van der Waals surface area contributed by atoms with E-state index in [9.17, 15) is 4.39 Å². The van der Waals surface area contributed by atoms with Crippen molar-refractivity contribution < 1.29 is 13.9 Å². The highest BCUT2D eigenvalue weighted by Gasteiger charge is 2.44. The number of nitrogens with one attached hydrogen (secondary N) is 2. The van der Waals surface area contributed by atoms with E-state index in [-0.39, 0.29) is 35.2 Å². The number of rotatable bonds is 8. The van der Waals surface area contributed by atoms with E-state index in [1.165, 1.54) is 6.07 Å². The summed E-state index contributed by atoms with van der Waals surface area (Å²) in [5, 5.41) is 6.70. The minimum absolute atomic E-state index is 0. The van der Waals surface area contributed by atoms with Gasteiger partial charge in [-0.05, 0) is 55.2 Å². The molecule has 29 heavy (non-hydrogen) atoms. The largest absolute Gasteiger partial charge is 0.493 e. The fourth-order valence-corrected chi connectivity index (χ4v) is 3.28. The van der Waals surface area contributed by atoms with Gasteiger partial charge in [0.15, 0.2) is 17.5 Å². The second kappa shape index (κ2) is 10.7. The van der Waals surface area contributed by atoms with Crippen molar-refractivity contribution in [2.75, 3.05) is 27.3 Å². The van der Waals surface area contributed by atoms with Crippen LogP contribution in [0.5, 0.6) is 11.5 Å². The molecule has 0 bridgehead atoms. The van der Waals surface area contributed by atoms with E-state index in [1.54, 1.807) is 26.4 Å². The van der Waals surface area contributed by atoms with Crippen LogP contribution in [0.2, 0.25) is 0 Å². The minimum atomic E-state index is -0.183. The maximum Gasteiger partial charge on any atom is 0.191 e. The second-order valence-corrected chi connectivity index (χ2v) is 7.03. The van der Waals surface area contributed by atoms with E-state index in [0.29, 0.717) is 18.0 Å². The smallest absolute Gasteiger partial charge is 0.191 e. The molecule has 158 valence electrons. The molecule has 0 aromatic heterocycles. The number of aliphatic imine (C=N–C) groups is 1. The van der Waals surface area contributed by atoms with Crippen LogP contribution in [0.25, 0.3) is 0 Å². The van der Waals surface area contributed by atoms with Crippen LogP contribution < -0.4 is 20.1 Å². The van der Waals surface area contributed by atoms with Crippen molar-refractivity contribution in [3.8, 4) is 11.5 Å². The number of nitrogens with zero attached hydrogens (tertiary/aromatic N) is 1. The van der Waals surface area contributed by atoms with Gasteiger partial charge in [0.1, 0.15) is 5.82 Å². The third-order valence-electron chi connectivity index (χ3n) is 5.10. The van der Waals surface area contributed by atoms with E-state index in [2.05, 4.69) is 15.6 Å². The molecule has 7 heteroatoms. The number of halogens is 2. The van der Waals surface area contributed by atoms with Crippen LogP contribution in [0, 0.1) is 5.82 Å². The zero-order chi connectivity index (χ0) is 20.0. The molecule has 3 rings (SSSR count). The lowest BCUT2D eigenvalue weighted by Crippen LogP contribution is -2.41. The first-order valence-electron chi connectivity index (χ1n) is 9.59. The lowest BCUT2D eigenvalue weighted by molar-refractivity contribution is 0.354. The minimum Gasteiger partial charge on any atom is -0.493 e. The molecular formula is C22H29FIN3O2. The Morgan fingerprint density at radius 2 is 1.83 bits per heavy atom. The number of hydrogen-bond acceptors (Lipinski definition) is 3. The Kier molecular flexibility index (Phi) is 8.55. The van der Waals surface area contributed by atoms with Gasteiger partial charge in [-0.25, -0.2) is 9.38 Å². The first-order valence-corrected chi connectivity index (χ1v) is 9.59. The lowest BCUT2D eigenvalue weighted by atomic mass is 9.96. The molecule has 0 atom stereocenters. The molecule has 5 nitrogen and oxygen atoms in total. The number of methoxy groups -OCH3 is 2. The average molecular weight is 513 g/mol. The number of hydrogen-bond donors (Lipinski definition) is 2. The molecule has 2 N–H and O–H groups in total. The molecule has 0 spiro atoms. The van der Waals surface area contributed by atoms with Crippen molar-refractivity contribution in [2.24, 2.45) is 4.99 Å². The van der Waals surface area contributed by atoms with Crippen LogP contribution in [0.1, 0.15) is 30.9 Å². The van der Waals surface area contributed by atoms with E-state index in [4.69, 9.17) is 9.47 Å². The van der Waals surface area contributed by atoms with Crippen LogP contribution in [0.4, 0.5) is 4.39 Å². The van der Waals surface area contributed by atoms with E-state index >= 15 is 0 Å². The van der Waals surface area contributed by atoms with Gasteiger partial charge in [0.05, 0.1) is 20.8 Å². The van der Waals surface area contributed by atoms with Crippen LogP contribution in [-0.4, -0.2) is 33.3 Å². The molecule has 2 aromatic carbocycles. The maximum atomic E-state index is 13.6. The molecule has 0 amide bonds. The zero-order valence-corrected chi connectivity index (χ0v) is 19.5. The molecular weight excluding hydrogens is 484 g/mol. The van der Waals surface area contributed by atoms with Crippen LogP contribution >= 0.6 is 24.0 Å². The van der Waals surface area contributed by atoms with Crippen LogP contribution in [-0.2, 0) is 12.0 Å². The van der Waals surface area contributed by atoms with E-state index in [0.717, 1.165) is 43.0 Å². The van der Waals surface area contributed by atoms with Gasteiger partial charge in [0, 0.05) is 18.5 Å². The standard InChI is InChI=1S/C22H28FN3O2.HI/c1-4-24-21(25-14-16-8-9-19(27-2)20(12-16)28-3)26-15-22(10-11-22)17-6-5-7-18(23)13-17;/h5-9,12-13H,4,10-11,14-15H2,1-3H3,(H2,24,25,26);1H. The van der Waals surface area contributed by atoms with Gasteiger partial charge in [-0.3, -0.25) is 0 Å². The van der Waals surface area contributed by atoms with Gasteiger partial charge in [-0.1, -0.05) is 18.2 Å². The summed E-state index contributed by atoms with van der Waals surface area (Å²) in [5.74, 6) is 1.96. The second-order valence-electron chi connectivity index (χ2n) is 7.03. The molecule has 0 saturated heterocycles. The third-order valence-corrected chi connectivity index (χ3v) is 5.10. The Morgan fingerprint density at radius 3 is 2.45 bits per heavy atom. The molecule has 1 aliphatic carbocycles. The van der Waals surface area contributed by atoms with Gasteiger partial charge in [-0.15, -0.1) is 24.0 Å².